The molecule has 1 aromatic rings. The molecule has 0 spiro atoms. The fraction of sp³-hybridized carbons (Fsp3) is 0.364. The van der Waals surface area contributed by atoms with Crippen LogP contribution in [-0.4, -0.2) is 10.8 Å². The molecule has 0 aliphatic carbocycles. The van der Waals surface area contributed by atoms with E-state index in [9.17, 15) is 14.9 Å². The summed E-state index contributed by atoms with van der Waals surface area (Å²) in [5.41, 5.74) is 0.770. The average Bonchev–Trinajstić information content (AvgIpc) is 2.28. The summed E-state index contributed by atoms with van der Waals surface area (Å²) in [4.78, 5) is 21.3. The second kappa shape index (κ2) is 5.25. The second-order valence-corrected chi connectivity index (χ2v) is 3.49. The van der Waals surface area contributed by atoms with E-state index in [1.807, 2.05) is 0 Å². The molecule has 0 radical (unpaired) electrons. The van der Waals surface area contributed by atoms with Gasteiger partial charge in [0.2, 0.25) is 5.91 Å². The number of nitrogens with one attached hydrogen (secondary N) is 1. The quantitative estimate of drug-likeness (QED) is 0.626. The number of carbonyl (C=O) groups is 1. The van der Waals surface area contributed by atoms with Gasteiger partial charge in [0.1, 0.15) is 0 Å². The summed E-state index contributed by atoms with van der Waals surface area (Å²) in [7, 11) is 0. The Balaban J connectivity index is 2.83. The lowest BCUT2D eigenvalue weighted by atomic mass is 10.1. The minimum absolute atomic E-state index is 0.0371. The largest absolute Gasteiger partial charge is 0.350 e. The van der Waals surface area contributed by atoms with Gasteiger partial charge in [-0.2, -0.15) is 0 Å². The highest BCUT2D eigenvalue weighted by atomic mass is 16.6. The number of nitrogens with zero attached hydrogens (tertiary/aromatic N) is 1. The van der Waals surface area contributed by atoms with E-state index >= 15 is 0 Å². The number of nitro groups is 1. The van der Waals surface area contributed by atoms with Crippen LogP contribution in [0.1, 0.15) is 31.9 Å². The van der Waals surface area contributed by atoms with Crippen molar-refractivity contribution in [2.45, 2.75) is 26.3 Å². The molecule has 0 fully saturated rings. The molecule has 0 aliphatic heterocycles. The Morgan fingerprint density at radius 1 is 1.56 bits per heavy atom. The molecule has 0 saturated heterocycles. The fourth-order valence-corrected chi connectivity index (χ4v) is 1.33. The first-order valence-corrected chi connectivity index (χ1v) is 5.08. The monoisotopic (exact) mass is 222 g/mol. The van der Waals surface area contributed by atoms with Crippen LogP contribution < -0.4 is 5.32 Å². The first-order valence-electron chi connectivity index (χ1n) is 5.08. The Morgan fingerprint density at radius 2 is 2.25 bits per heavy atom. The van der Waals surface area contributed by atoms with Gasteiger partial charge in [0, 0.05) is 18.6 Å². The van der Waals surface area contributed by atoms with Crippen LogP contribution in [0.25, 0.3) is 0 Å². The van der Waals surface area contributed by atoms with Crippen molar-refractivity contribution in [1.82, 2.24) is 5.32 Å². The summed E-state index contributed by atoms with van der Waals surface area (Å²) >= 11 is 0. The van der Waals surface area contributed by atoms with Crippen molar-refractivity contribution in [3.8, 4) is 0 Å². The van der Waals surface area contributed by atoms with Crippen LogP contribution in [0.3, 0.4) is 0 Å². The molecule has 1 atom stereocenters. The van der Waals surface area contributed by atoms with Gasteiger partial charge >= 0.3 is 0 Å². The van der Waals surface area contributed by atoms with Crippen LogP contribution in [0.2, 0.25) is 0 Å². The second-order valence-electron chi connectivity index (χ2n) is 3.49. The Kier molecular flexibility index (Phi) is 3.99. The molecule has 0 aliphatic rings. The van der Waals surface area contributed by atoms with Crippen LogP contribution in [-0.2, 0) is 4.79 Å². The van der Waals surface area contributed by atoms with Crippen molar-refractivity contribution in [2.75, 3.05) is 0 Å². The third kappa shape index (κ3) is 3.05. The number of amides is 1. The number of hydrogen-bond acceptors (Lipinski definition) is 3. The van der Waals surface area contributed by atoms with E-state index in [2.05, 4.69) is 5.32 Å². The maximum Gasteiger partial charge on any atom is 0.269 e. The van der Waals surface area contributed by atoms with Crippen LogP contribution in [0.15, 0.2) is 24.3 Å². The van der Waals surface area contributed by atoms with Gasteiger partial charge < -0.3 is 5.32 Å². The molecule has 1 N–H and O–H groups in total. The van der Waals surface area contributed by atoms with Crippen molar-refractivity contribution in [2.24, 2.45) is 0 Å². The first-order chi connectivity index (χ1) is 7.54. The Morgan fingerprint density at radius 3 is 2.81 bits per heavy atom. The summed E-state index contributed by atoms with van der Waals surface area (Å²) in [6.45, 7) is 3.56. The van der Waals surface area contributed by atoms with Crippen molar-refractivity contribution in [3.63, 3.8) is 0 Å². The maximum atomic E-state index is 11.2. The van der Waals surface area contributed by atoms with Gasteiger partial charge in [0.25, 0.3) is 5.69 Å². The predicted octanol–water partition coefficient (Wildman–Crippen LogP) is 2.18. The molecule has 5 nitrogen and oxygen atoms in total. The summed E-state index contributed by atoms with van der Waals surface area (Å²) in [6, 6.07) is 6.06. The Hall–Kier alpha value is -1.91. The molecule has 0 aromatic heterocycles. The third-order valence-corrected chi connectivity index (χ3v) is 2.28. The lowest BCUT2D eigenvalue weighted by Crippen LogP contribution is -2.25. The standard InChI is InChI=1S/C11H14N2O3/c1-3-11(14)12-8(2)9-5-4-6-10(7-9)13(15)16/h4-8H,3H2,1-2H3,(H,12,14). The van der Waals surface area contributed by atoms with E-state index in [1.165, 1.54) is 12.1 Å². The Labute approximate surface area is 93.6 Å². The number of hydrogen-bond donors (Lipinski definition) is 1. The zero-order chi connectivity index (χ0) is 12.1. The molecule has 1 amide bonds. The normalized spacial score (nSPS) is 11.9. The van der Waals surface area contributed by atoms with E-state index in [1.54, 1.807) is 26.0 Å². The smallest absolute Gasteiger partial charge is 0.269 e. The first kappa shape index (κ1) is 12.2. The third-order valence-electron chi connectivity index (χ3n) is 2.28. The fourth-order valence-electron chi connectivity index (χ4n) is 1.33. The zero-order valence-electron chi connectivity index (χ0n) is 9.27. The molecule has 1 unspecified atom stereocenters. The molecular formula is C11H14N2O3. The van der Waals surface area contributed by atoms with Gasteiger partial charge in [-0.05, 0) is 12.5 Å². The molecule has 5 heteroatoms. The van der Waals surface area contributed by atoms with Crippen molar-refractivity contribution in [1.29, 1.82) is 0 Å². The highest BCUT2D eigenvalue weighted by Crippen LogP contribution is 2.18. The van der Waals surface area contributed by atoms with Gasteiger partial charge in [-0.15, -0.1) is 0 Å². The molecule has 16 heavy (non-hydrogen) atoms. The minimum Gasteiger partial charge on any atom is -0.350 e. The van der Waals surface area contributed by atoms with E-state index in [0.717, 1.165) is 5.56 Å². The van der Waals surface area contributed by atoms with Crippen molar-refractivity contribution < 1.29 is 9.72 Å². The molecule has 0 heterocycles. The van der Waals surface area contributed by atoms with E-state index in [-0.39, 0.29) is 17.6 Å². The SMILES string of the molecule is CCC(=O)NC(C)c1cccc([N+](=O)[O-])c1. The number of carbonyl (C=O) groups excluding carboxylic acids is 1. The summed E-state index contributed by atoms with van der Waals surface area (Å²) < 4.78 is 0. The van der Waals surface area contributed by atoms with Crippen LogP contribution >= 0.6 is 0 Å². The molecule has 1 rings (SSSR count). The highest BCUT2D eigenvalue weighted by Gasteiger charge is 2.11. The number of non-ortho nitro benzene ring substituents is 1. The Bertz CT molecular complexity index is 404. The summed E-state index contributed by atoms with van der Waals surface area (Å²) in [5, 5.41) is 13.3. The van der Waals surface area contributed by atoms with Gasteiger partial charge in [-0.25, -0.2) is 0 Å². The zero-order valence-corrected chi connectivity index (χ0v) is 9.27. The van der Waals surface area contributed by atoms with Gasteiger partial charge in [-0.3, -0.25) is 14.9 Å². The van der Waals surface area contributed by atoms with Crippen molar-refractivity contribution >= 4 is 11.6 Å². The molecular weight excluding hydrogens is 208 g/mol. The van der Waals surface area contributed by atoms with E-state index in [0.29, 0.717) is 6.42 Å². The van der Waals surface area contributed by atoms with Crippen molar-refractivity contribution in [3.05, 3.63) is 39.9 Å². The van der Waals surface area contributed by atoms with Crippen LogP contribution in [0.5, 0.6) is 0 Å². The predicted molar refractivity (Wildman–Crippen MR) is 59.9 cm³/mol. The van der Waals surface area contributed by atoms with Crippen LogP contribution in [0.4, 0.5) is 5.69 Å². The van der Waals surface area contributed by atoms with E-state index < -0.39 is 4.92 Å². The highest BCUT2D eigenvalue weighted by molar-refractivity contribution is 5.76. The average molecular weight is 222 g/mol. The number of nitro benzene ring substituents is 1. The van der Waals surface area contributed by atoms with Crippen LogP contribution in [0, 0.1) is 10.1 Å². The van der Waals surface area contributed by atoms with E-state index in [4.69, 9.17) is 0 Å². The molecule has 86 valence electrons. The number of rotatable bonds is 4. The molecule has 1 aromatic carbocycles. The van der Waals surface area contributed by atoms with Gasteiger partial charge in [-0.1, -0.05) is 19.1 Å². The lowest BCUT2D eigenvalue weighted by molar-refractivity contribution is -0.384. The van der Waals surface area contributed by atoms with Gasteiger partial charge in [0.15, 0.2) is 0 Å². The molecule has 0 saturated carbocycles. The summed E-state index contributed by atoms with van der Waals surface area (Å²) in [5.74, 6) is -0.0704. The lowest BCUT2D eigenvalue weighted by Gasteiger charge is -2.13. The maximum absolute atomic E-state index is 11.2. The summed E-state index contributed by atoms with van der Waals surface area (Å²) in [6.07, 6.45) is 0.402. The minimum atomic E-state index is -0.447. The molecule has 0 bridgehead atoms. The topological polar surface area (TPSA) is 72.2 Å². The van der Waals surface area contributed by atoms with Gasteiger partial charge in [0.05, 0.1) is 11.0 Å². The number of benzene rings is 1.